The van der Waals surface area contributed by atoms with Crippen LogP contribution < -0.4 is 4.40 Å². The molecule has 1 aliphatic rings. The van der Waals surface area contributed by atoms with E-state index in [0.717, 1.165) is 0 Å². The average Bonchev–Trinajstić information content (AvgIpc) is 3.31. The van der Waals surface area contributed by atoms with Crippen LogP contribution >= 0.6 is 0 Å². The van der Waals surface area contributed by atoms with Crippen LogP contribution in [0.4, 0.5) is 0 Å². The van der Waals surface area contributed by atoms with Crippen molar-refractivity contribution in [3.8, 4) is 0 Å². The summed E-state index contributed by atoms with van der Waals surface area (Å²) in [6, 6.07) is 53.5. The number of hydrogen-bond donors (Lipinski definition) is 0. The summed E-state index contributed by atoms with van der Waals surface area (Å²) >= 11 is -2.23. The Labute approximate surface area is 218 Å². The maximum absolute atomic E-state index is 2.38. The summed E-state index contributed by atoms with van der Waals surface area (Å²) in [7, 11) is 0. The van der Waals surface area contributed by atoms with Crippen molar-refractivity contribution >= 4 is 38.7 Å². The molecule has 0 atom stereocenters. The van der Waals surface area contributed by atoms with Gasteiger partial charge in [-0.15, -0.1) is 0 Å². The second-order valence-corrected chi connectivity index (χ2v) is 14.1. The fraction of sp³-hybridized carbons (Fsp3) is 0.0286. The van der Waals surface area contributed by atoms with Gasteiger partial charge in [-0.05, 0) is 0 Å². The van der Waals surface area contributed by atoms with Crippen molar-refractivity contribution in [2.75, 3.05) is 0 Å². The molecule has 5 aromatic carbocycles. The molecule has 0 fully saturated rings. The molecule has 0 bridgehead atoms. The van der Waals surface area contributed by atoms with Crippen molar-refractivity contribution in [2.45, 2.75) is 6.92 Å². The van der Waals surface area contributed by atoms with Crippen molar-refractivity contribution in [1.82, 2.24) is 0 Å². The van der Waals surface area contributed by atoms with E-state index < -0.39 is 14.3 Å². The molecule has 0 spiro atoms. The topological polar surface area (TPSA) is 0 Å². The molecule has 0 N–H and O–H groups in total. The zero-order chi connectivity index (χ0) is 24.3. The van der Waals surface area contributed by atoms with Crippen LogP contribution in [0.25, 0.3) is 20.0 Å². The van der Waals surface area contributed by atoms with Gasteiger partial charge in [0.2, 0.25) is 0 Å². The molecule has 1 radical (unpaired) electrons. The Morgan fingerprint density at radius 2 is 0.694 bits per heavy atom. The molecule has 171 valence electrons. The third-order valence-electron chi connectivity index (χ3n) is 6.84. The van der Waals surface area contributed by atoms with Gasteiger partial charge in [0.15, 0.2) is 0 Å². The molecule has 36 heavy (non-hydrogen) atoms. The van der Waals surface area contributed by atoms with Gasteiger partial charge in [-0.2, -0.15) is 0 Å². The van der Waals surface area contributed by atoms with Crippen molar-refractivity contribution < 1.29 is 0 Å². The van der Waals surface area contributed by atoms with E-state index in [4.69, 9.17) is 0 Å². The molecule has 0 saturated carbocycles. The van der Waals surface area contributed by atoms with E-state index in [1.807, 2.05) is 0 Å². The number of hydrogen-bond acceptors (Lipinski definition) is 0. The summed E-state index contributed by atoms with van der Waals surface area (Å²) < 4.78 is 4.55. The van der Waals surface area contributed by atoms with Gasteiger partial charge in [0.05, 0.1) is 0 Å². The minimum atomic E-state index is -2.23. The Bertz CT molecular complexity index is 1430. The normalized spacial score (nSPS) is 13.9. The van der Waals surface area contributed by atoms with E-state index in [1.54, 1.807) is 0 Å². The first kappa shape index (κ1) is 22.6. The van der Waals surface area contributed by atoms with Gasteiger partial charge < -0.3 is 0 Å². The molecule has 0 aromatic heterocycles. The van der Waals surface area contributed by atoms with Crippen LogP contribution in [0.15, 0.2) is 146 Å². The molecule has 0 unspecified atom stereocenters. The van der Waals surface area contributed by atoms with Crippen LogP contribution in [0, 0.1) is 6.92 Å². The first-order chi connectivity index (χ1) is 17.8. The van der Waals surface area contributed by atoms with Crippen LogP contribution in [0.5, 0.6) is 0 Å². The van der Waals surface area contributed by atoms with Gasteiger partial charge in [-0.1, -0.05) is 0 Å². The van der Waals surface area contributed by atoms with Gasteiger partial charge in [0.25, 0.3) is 0 Å². The van der Waals surface area contributed by atoms with Gasteiger partial charge in [-0.3, -0.25) is 0 Å². The summed E-state index contributed by atoms with van der Waals surface area (Å²) in [5.41, 5.74) is 9.34. The van der Waals surface area contributed by atoms with E-state index in [9.17, 15) is 0 Å². The Morgan fingerprint density at radius 1 is 0.361 bits per heavy atom. The zero-order valence-electron chi connectivity index (χ0n) is 20.4. The average molecular weight is 520 g/mol. The van der Waals surface area contributed by atoms with Gasteiger partial charge >= 0.3 is 219 Å². The van der Waals surface area contributed by atoms with Gasteiger partial charge in [-0.25, -0.2) is 0 Å². The first-order valence-electron chi connectivity index (χ1n) is 12.5. The van der Waals surface area contributed by atoms with E-state index in [1.165, 1.54) is 52.2 Å². The molecular formula is C35H27Ge. The van der Waals surface area contributed by atoms with Crippen LogP contribution in [0.2, 0.25) is 0 Å². The molecule has 0 nitrogen and oxygen atoms in total. The van der Waals surface area contributed by atoms with E-state index >= 15 is 0 Å². The molecule has 5 aromatic rings. The second kappa shape index (κ2) is 10.0. The Hall–Kier alpha value is -3.88. The summed E-state index contributed by atoms with van der Waals surface area (Å²) in [5, 5.41) is 0. The Kier molecular flexibility index (Phi) is 6.28. The standard InChI is InChI=1S/C35H27Ge/c1-26-22-24-31(25-23-26)36-34(29-18-10-4-11-19-29)32(27-14-6-2-7-15-27)33(28-16-8-3-9-17-28)35(36)30-20-12-5-13-21-30/h2-25H,1H3. The Morgan fingerprint density at radius 3 is 1.06 bits per heavy atom. The fourth-order valence-electron chi connectivity index (χ4n) is 5.21. The third-order valence-corrected chi connectivity index (χ3v) is 13.1. The summed E-state index contributed by atoms with van der Waals surface area (Å²) in [4.78, 5) is 0. The predicted octanol–water partition coefficient (Wildman–Crippen LogP) is 8.01. The van der Waals surface area contributed by atoms with Crippen LogP contribution in [-0.4, -0.2) is 14.3 Å². The van der Waals surface area contributed by atoms with E-state index in [0.29, 0.717) is 0 Å². The summed E-state index contributed by atoms with van der Waals surface area (Å²) in [6.07, 6.45) is 0. The minimum absolute atomic E-state index is 1.29. The number of benzene rings is 5. The maximum atomic E-state index is 2.38. The van der Waals surface area contributed by atoms with Crippen molar-refractivity contribution in [3.63, 3.8) is 0 Å². The third kappa shape index (κ3) is 4.19. The molecule has 0 aliphatic carbocycles. The van der Waals surface area contributed by atoms with Gasteiger partial charge in [0, 0.05) is 0 Å². The summed E-state index contributed by atoms with van der Waals surface area (Å²) in [6.45, 7) is 2.18. The predicted molar refractivity (Wildman–Crippen MR) is 156 cm³/mol. The monoisotopic (exact) mass is 521 g/mol. The van der Waals surface area contributed by atoms with Crippen LogP contribution in [0.1, 0.15) is 27.8 Å². The number of rotatable bonds is 5. The fourth-order valence-corrected chi connectivity index (χ4v) is 12.1. The number of allylic oxidation sites excluding steroid dienone is 2. The molecule has 1 heteroatoms. The number of aryl methyl sites for hydroxylation is 1. The molecule has 6 rings (SSSR count). The van der Waals surface area contributed by atoms with Crippen LogP contribution in [-0.2, 0) is 0 Å². The zero-order valence-corrected chi connectivity index (χ0v) is 22.5. The summed E-state index contributed by atoms with van der Waals surface area (Å²) in [5.74, 6) is 0. The first-order valence-corrected chi connectivity index (χ1v) is 15.6. The van der Waals surface area contributed by atoms with Gasteiger partial charge in [0.1, 0.15) is 0 Å². The van der Waals surface area contributed by atoms with Crippen molar-refractivity contribution in [1.29, 1.82) is 0 Å². The SMILES string of the molecule is Cc1cc[c]([Ge]2[C](c3ccccc3)=C(c3ccccc3)C(c3ccccc3)=[C]2c2ccccc2)cc1. The quantitative estimate of drug-likeness (QED) is 0.206. The molecular weight excluding hydrogens is 493 g/mol. The van der Waals surface area contributed by atoms with Crippen LogP contribution in [0.3, 0.4) is 0 Å². The van der Waals surface area contributed by atoms with Crippen molar-refractivity contribution in [2.24, 2.45) is 0 Å². The molecule has 1 heterocycles. The van der Waals surface area contributed by atoms with Crippen molar-refractivity contribution in [3.05, 3.63) is 173 Å². The molecule has 0 amide bonds. The molecule has 0 saturated heterocycles. The Balaban J connectivity index is 1.77. The second-order valence-electron chi connectivity index (χ2n) is 9.21. The van der Waals surface area contributed by atoms with E-state index in [2.05, 4.69) is 153 Å². The molecule has 1 aliphatic heterocycles. The van der Waals surface area contributed by atoms with E-state index in [-0.39, 0.29) is 0 Å².